The first kappa shape index (κ1) is 13.9. The molecule has 1 aromatic rings. The minimum atomic E-state index is -0.491. The lowest BCUT2D eigenvalue weighted by Crippen LogP contribution is -2.42. The standard InChI is InChI=1S/C12H15FN2O.ClH/c1-2-10(14)12(16)15-6-5-8-3-4-9(13)7-11(8)15;/h3-4,7,10H,2,5-6,14H2,1H3;1H/t10-;/m0./s1. The van der Waals surface area contributed by atoms with Gasteiger partial charge in [0.25, 0.3) is 0 Å². The zero-order valence-electron chi connectivity index (χ0n) is 9.65. The van der Waals surface area contributed by atoms with Gasteiger partial charge in [-0.05, 0) is 30.5 Å². The fraction of sp³-hybridized carbons (Fsp3) is 0.417. The number of fused-ring (bicyclic) bond motifs is 1. The van der Waals surface area contributed by atoms with Gasteiger partial charge in [-0.25, -0.2) is 4.39 Å². The predicted molar refractivity (Wildman–Crippen MR) is 68.0 cm³/mol. The van der Waals surface area contributed by atoms with Crippen LogP contribution in [0.5, 0.6) is 0 Å². The number of carbonyl (C=O) groups is 1. The van der Waals surface area contributed by atoms with Crippen molar-refractivity contribution < 1.29 is 9.18 Å². The lowest BCUT2D eigenvalue weighted by molar-refractivity contribution is -0.119. The lowest BCUT2D eigenvalue weighted by atomic mass is 10.1. The summed E-state index contributed by atoms with van der Waals surface area (Å²) in [7, 11) is 0. The average Bonchev–Trinajstić information content (AvgIpc) is 2.69. The maximum atomic E-state index is 13.1. The van der Waals surface area contributed by atoms with Crippen molar-refractivity contribution in [1.82, 2.24) is 0 Å². The Morgan fingerprint density at radius 3 is 2.94 bits per heavy atom. The minimum Gasteiger partial charge on any atom is -0.320 e. The van der Waals surface area contributed by atoms with Crippen molar-refractivity contribution in [2.45, 2.75) is 25.8 Å². The second kappa shape index (κ2) is 5.47. The fourth-order valence-corrected chi connectivity index (χ4v) is 1.96. The summed E-state index contributed by atoms with van der Waals surface area (Å²) < 4.78 is 13.1. The minimum absolute atomic E-state index is 0. The summed E-state index contributed by atoms with van der Waals surface area (Å²) in [6.07, 6.45) is 1.37. The first-order valence-corrected chi connectivity index (χ1v) is 5.49. The Kier molecular flexibility index (Phi) is 4.48. The van der Waals surface area contributed by atoms with Gasteiger partial charge >= 0.3 is 0 Å². The molecular formula is C12H16ClFN2O. The van der Waals surface area contributed by atoms with Gasteiger partial charge in [0.05, 0.1) is 6.04 Å². The van der Waals surface area contributed by atoms with Crippen LogP contribution in [0, 0.1) is 5.82 Å². The van der Waals surface area contributed by atoms with Gasteiger partial charge < -0.3 is 10.6 Å². The molecule has 94 valence electrons. The van der Waals surface area contributed by atoms with Crippen molar-refractivity contribution in [3.63, 3.8) is 0 Å². The van der Waals surface area contributed by atoms with Gasteiger partial charge in [-0.15, -0.1) is 12.4 Å². The Labute approximate surface area is 106 Å². The molecule has 2 rings (SSSR count). The number of nitrogens with two attached hydrogens (primary N) is 1. The van der Waals surface area contributed by atoms with Crippen LogP contribution in [0.25, 0.3) is 0 Å². The van der Waals surface area contributed by atoms with Gasteiger partial charge in [-0.3, -0.25) is 4.79 Å². The maximum absolute atomic E-state index is 13.1. The SMILES string of the molecule is CC[C@H](N)C(=O)N1CCc2ccc(F)cc21.Cl. The topological polar surface area (TPSA) is 46.3 Å². The zero-order chi connectivity index (χ0) is 11.7. The molecule has 0 saturated carbocycles. The van der Waals surface area contributed by atoms with Crippen LogP contribution in [0.3, 0.4) is 0 Å². The molecule has 3 nitrogen and oxygen atoms in total. The van der Waals surface area contributed by atoms with E-state index in [0.29, 0.717) is 18.7 Å². The van der Waals surface area contributed by atoms with Crippen LogP contribution in [0.4, 0.5) is 10.1 Å². The Bertz CT molecular complexity index is 425. The molecular weight excluding hydrogens is 243 g/mol. The molecule has 0 fully saturated rings. The van der Waals surface area contributed by atoms with E-state index in [0.717, 1.165) is 12.0 Å². The van der Waals surface area contributed by atoms with Crippen molar-refractivity contribution in [2.75, 3.05) is 11.4 Å². The summed E-state index contributed by atoms with van der Waals surface area (Å²) >= 11 is 0. The number of benzene rings is 1. The molecule has 17 heavy (non-hydrogen) atoms. The lowest BCUT2D eigenvalue weighted by Gasteiger charge is -2.20. The van der Waals surface area contributed by atoms with Crippen LogP contribution < -0.4 is 10.6 Å². The van der Waals surface area contributed by atoms with E-state index in [4.69, 9.17) is 5.73 Å². The predicted octanol–water partition coefficient (Wildman–Crippen LogP) is 1.87. The van der Waals surface area contributed by atoms with Gasteiger partial charge in [0.1, 0.15) is 5.82 Å². The molecule has 0 saturated heterocycles. The number of anilines is 1. The monoisotopic (exact) mass is 258 g/mol. The van der Waals surface area contributed by atoms with E-state index >= 15 is 0 Å². The number of rotatable bonds is 2. The number of hydrogen-bond acceptors (Lipinski definition) is 2. The summed E-state index contributed by atoms with van der Waals surface area (Å²) in [6, 6.07) is 4.07. The van der Waals surface area contributed by atoms with Crippen LogP contribution in [0.15, 0.2) is 18.2 Å². The molecule has 1 heterocycles. The third-order valence-electron chi connectivity index (χ3n) is 2.97. The van der Waals surface area contributed by atoms with Gasteiger partial charge in [-0.2, -0.15) is 0 Å². The highest BCUT2D eigenvalue weighted by Crippen LogP contribution is 2.29. The third-order valence-corrected chi connectivity index (χ3v) is 2.97. The summed E-state index contributed by atoms with van der Waals surface area (Å²) in [4.78, 5) is 13.5. The Balaban J connectivity index is 0.00000144. The molecule has 1 aromatic carbocycles. The van der Waals surface area contributed by atoms with Gasteiger partial charge in [0.2, 0.25) is 5.91 Å². The van der Waals surface area contributed by atoms with Gasteiger partial charge in [0.15, 0.2) is 0 Å². The van der Waals surface area contributed by atoms with Gasteiger partial charge in [-0.1, -0.05) is 13.0 Å². The molecule has 0 aliphatic carbocycles. The van der Waals surface area contributed by atoms with E-state index in [1.165, 1.54) is 12.1 Å². The highest BCUT2D eigenvalue weighted by atomic mass is 35.5. The first-order valence-electron chi connectivity index (χ1n) is 5.49. The average molecular weight is 259 g/mol. The second-order valence-corrected chi connectivity index (χ2v) is 4.03. The molecule has 1 amide bonds. The van der Waals surface area contributed by atoms with Crippen LogP contribution in [0.2, 0.25) is 0 Å². The summed E-state index contributed by atoms with van der Waals surface area (Å²) in [5, 5.41) is 0. The molecule has 5 heteroatoms. The van der Waals surface area contributed by atoms with E-state index in [9.17, 15) is 9.18 Å². The Morgan fingerprint density at radius 2 is 2.29 bits per heavy atom. The number of hydrogen-bond donors (Lipinski definition) is 1. The smallest absolute Gasteiger partial charge is 0.243 e. The van der Waals surface area contributed by atoms with E-state index < -0.39 is 6.04 Å². The normalized spacial score (nSPS) is 15.1. The third kappa shape index (κ3) is 2.58. The highest BCUT2D eigenvalue weighted by Gasteiger charge is 2.27. The van der Waals surface area contributed by atoms with E-state index in [-0.39, 0.29) is 24.1 Å². The van der Waals surface area contributed by atoms with Crippen molar-refractivity contribution in [1.29, 1.82) is 0 Å². The van der Waals surface area contributed by atoms with Crippen LogP contribution in [-0.4, -0.2) is 18.5 Å². The second-order valence-electron chi connectivity index (χ2n) is 4.03. The molecule has 1 atom stereocenters. The largest absolute Gasteiger partial charge is 0.320 e. The Hall–Kier alpha value is -1.13. The molecule has 1 aliphatic rings. The van der Waals surface area contributed by atoms with E-state index in [1.807, 2.05) is 6.92 Å². The quantitative estimate of drug-likeness (QED) is 0.880. The number of nitrogens with zero attached hydrogens (tertiary/aromatic N) is 1. The fourth-order valence-electron chi connectivity index (χ4n) is 1.96. The van der Waals surface area contributed by atoms with E-state index in [2.05, 4.69) is 0 Å². The summed E-state index contributed by atoms with van der Waals surface area (Å²) in [6.45, 7) is 2.47. The number of amides is 1. The van der Waals surface area contributed by atoms with E-state index in [1.54, 1.807) is 11.0 Å². The highest BCUT2D eigenvalue weighted by molar-refractivity contribution is 5.98. The number of halogens is 2. The maximum Gasteiger partial charge on any atom is 0.243 e. The molecule has 0 aromatic heterocycles. The summed E-state index contributed by atoms with van der Waals surface area (Å²) in [5.74, 6) is -0.435. The molecule has 0 bridgehead atoms. The van der Waals surface area contributed by atoms with Crippen molar-refractivity contribution in [3.8, 4) is 0 Å². The zero-order valence-corrected chi connectivity index (χ0v) is 10.5. The first-order chi connectivity index (χ1) is 7.63. The Morgan fingerprint density at radius 1 is 1.59 bits per heavy atom. The molecule has 2 N–H and O–H groups in total. The van der Waals surface area contributed by atoms with Crippen molar-refractivity contribution >= 4 is 24.0 Å². The van der Waals surface area contributed by atoms with Crippen LogP contribution in [-0.2, 0) is 11.2 Å². The van der Waals surface area contributed by atoms with Crippen LogP contribution in [0.1, 0.15) is 18.9 Å². The number of carbonyl (C=O) groups excluding carboxylic acids is 1. The summed E-state index contributed by atoms with van der Waals surface area (Å²) in [5.41, 5.74) is 7.39. The van der Waals surface area contributed by atoms with Gasteiger partial charge in [0, 0.05) is 12.2 Å². The molecule has 0 spiro atoms. The molecule has 1 aliphatic heterocycles. The van der Waals surface area contributed by atoms with Crippen molar-refractivity contribution in [2.24, 2.45) is 5.73 Å². The molecule has 0 unspecified atom stereocenters. The van der Waals surface area contributed by atoms with Crippen molar-refractivity contribution in [3.05, 3.63) is 29.6 Å². The van der Waals surface area contributed by atoms with Crippen LogP contribution >= 0.6 is 12.4 Å². The molecule has 0 radical (unpaired) electrons.